The van der Waals surface area contributed by atoms with Crippen molar-refractivity contribution in [3.05, 3.63) is 24.3 Å². The summed E-state index contributed by atoms with van der Waals surface area (Å²) in [6.45, 7) is 3.57. The number of sulfonamides is 1. The SMILES string of the molecule is CC(C)C(=O)Nc1cccc(NS(C)(=O)=O)c1. The fourth-order valence-corrected chi connectivity index (χ4v) is 1.72. The minimum Gasteiger partial charge on any atom is -0.326 e. The maximum absolute atomic E-state index is 11.5. The van der Waals surface area contributed by atoms with Crippen LogP contribution in [0.1, 0.15) is 13.8 Å². The van der Waals surface area contributed by atoms with Crippen LogP contribution in [0, 0.1) is 5.92 Å². The van der Waals surface area contributed by atoms with Crippen LogP contribution in [0.4, 0.5) is 11.4 Å². The highest BCUT2D eigenvalue weighted by Gasteiger charge is 2.08. The molecule has 1 aromatic carbocycles. The lowest BCUT2D eigenvalue weighted by atomic mass is 10.2. The summed E-state index contributed by atoms with van der Waals surface area (Å²) in [5, 5.41) is 2.69. The quantitative estimate of drug-likeness (QED) is 0.860. The van der Waals surface area contributed by atoms with Crippen molar-refractivity contribution in [3.8, 4) is 0 Å². The molecule has 6 heteroatoms. The first-order chi connectivity index (χ1) is 7.78. The molecule has 17 heavy (non-hydrogen) atoms. The predicted molar refractivity (Wildman–Crippen MR) is 68.4 cm³/mol. The fraction of sp³-hybridized carbons (Fsp3) is 0.364. The van der Waals surface area contributed by atoms with Crippen LogP contribution < -0.4 is 10.0 Å². The number of benzene rings is 1. The molecular formula is C11H16N2O3S. The van der Waals surface area contributed by atoms with E-state index < -0.39 is 10.0 Å². The first-order valence-electron chi connectivity index (χ1n) is 5.16. The van der Waals surface area contributed by atoms with Crippen LogP contribution in [0.25, 0.3) is 0 Å². The van der Waals surface area contributed by atoms with E-state index in [1.165, 1.54) is 0 Å². The van der Waals surface area contributed by atoms with Gasteiger partial charge in [-0.1, -0.05) is 19.9 Å². The molecule has 0 saturated heterocycles. The predicted octanol–water partition coefficient (Wildman–Crippen LogP) is 1.65. The number of hydrogen-bond donors (Lipinski definition) is 2. The molecule has 1 amide bonds. The van der Waals surface area contributed by atoms with Gasteiger partial charge in [-0.05, 0) is 18.2 Å². The summed E-state index contributed by atoms with van der Waals surface area (Å²) in [5.74, 6) is -0.233. The topological polar surface area (TPSA) is 75.3 Å². The van der Waals surface area contributed by atoms with Gasteiger partial charge in [0.2, 0.25) is 15.9 Å². The van der Waals surface area contributed by atoms with Gasteiger partial charge in [-0.15, -0.1) is 0 Å². The summed E-state index contributed by atoms with van der Waals surface area (Å²) in [4.78, 5) is 11.5. The van der Waals surface area contributed by atoms with Gasteiger partial charge in [-0.25, -0.2) is 8.42 Å². The molecule has 0 aromatic heterocycles. The number of carbonyl (C=O) groups excluding carboxylic acids is 1. The normalized spacial score (nSPS) is 11.3. The first-order valence-corrected chi connectivity index (χ1v) is 7.06. The molecule has 0 radical (unpaired) electrons. The highest BCUT2D eigenvalue weighted by Crippen LogP contribution is 2.16. The van der Waals surface area contributed by atoms with Crippen LogP contribution in [0.5, 0.6) is 0 Å². The molecular weight excluding hydrogens is 240 g/mol. The molecule has 0 aliphatic heterocycles. The van der Waals surface area contributed by atoms with E-state index in [4.69, 9.17) is 0 Å². The van der Waals surface area contributed by atoms with Crippen LogP contribution in [-0.4, -0.2) is 20.6 Å². The van der Waals surface area contributed by atoms with Crippen LogP contribution in [0.15, 0.2) is 24.3 Å². The average Bonchev–Trinajstić information content (AvgIpc) is 2.15. The number of anilines is 2. The van der Waals surface area contributed by atoms with E-state index >= 15 is 0 Å². The van der Waals surface area contributed by atoms with Gasteiger partial charge in [0.25, 0.3) is 0 Å². The van der Waals surface area contributed by atoms with Gasteiger partial charge in [0.1, 0.15) is 0 Å². The molecule has 0 unspecified atom stereocenters. The second-order valence-corrected chi connectivity index (χ2v) is 5.85. The molecule has 1 rings (SSSR count). The molecule has 0 spiro atoms. The molecule has 0 atom stereocenters. The summed E-state index contributed by atoms with van der Waals surface area (Å²) in [5.41, 5.74) is 0.992. The molecule has 5 nitrogen and oxygen atoms in total. The zero-order chi connectivity index (χ0) is 13.1. The highest BCUT2D eigenvalue weighted by atomic mass is 32.2. The molecule has 0 bridgehead atoms. The van der Waals surface area contributed by atoms with Crippen molar-refractivity contribution in [1.29, 1.82) is 0 Å². The smallest absolute Gasteiger partial charge is 0.229 e. The maximum atomic E-state index is 11.5. The Bertz CT molecular complexity index is 509. The third kappa shape index (κ3) is 4.86. The van der Waals surface area contributed by atoms with Crippen LogP contribution in [-0.2, 0) is 14.8 Å². The summed E-state index contributed by atoms with van der Waals surface area (Å²) < 4.78 is 24.4. The number of hydrogen-bond acceptors (Lipinski definition) is 3. The number of amides is 1. The van der Waals surface area contributed by atoms with Crippen molar-refractivity contribution < 1.29 is 13.2 Å². The lowest BCUT2D eigenvalue weighted by Crippen LogP contribution is -2.18. The second-order valence-electron chi connectivity index (χ2n) is 4.10. The standard InChI is InChI=1S/C11H16N2O3S/c1-8(2)11(14)12-9-5-4-6-10(7-9)13-17(3,15)16/h4-8,13H,1-3H3,(H,12,14). The minimum atomic E-state index is -3.30. The van der Waals surface area contributed by atoms with E-state index in [1.807, 2.05) is 0 Å². The van der Waals surface area contributed by atoms with Gasteiger partial charge < -0.3 is 5.32 Å². The highest BCUT2D eigenvalue weighted by molar-refractivity contribution is 7.92. The Kier molecular flexibility index (Phi) is 4.11. The Morgan fingerprint density at radius 1 is 1.24 bits per heavy atom. The zero-order valence-electron chi connectivity index (χ0n) is 10.0. The van der Waals surface area contributed by atoms with Crippen molar-refractivity contribution in [2.75, 3.05) is 16.3 Å². The van der Waals surface area contributed by atoms with Crippen LogP contribution in [0.3, 0.4) is 0 Å². The molecule has 0 fully saturated rings. The van der Waals surface area contributed by atoms with E-state index in [1.54, 1.807) is 38.1 Å². The number of nitrogens with one attached hydrogen (secondary N) is 2. The van der Waals surface area contributed by atoms with Gasteiger partial charge in [-0.2, -0.15) is 0 Å². The fourth-order valence-electron chi connectivity index (χ4n) is 1.16. The van der Waals surface area contributed by atoms with Crippen LogP contribution >= 0.6 is 0 Å². The Balaban J connectivity index is 2.83. The zero-order valence-corrected chi connectivity index (χ0v) is 10.8. The molecule has 0 saturated carbocycles. The summed E-state index contributed by atoms with van der Waals surface area (Å²) >= 11 is 0. The lowest BCUT2D eigenvalue weighted by molar-refractivity contribution is -0.118. The number of rotatable bonds is 4. The molecule has 0 aliphatic carbocycles. The molecule has 94 valence electrons. The second kappa shape index (κ2) is 5.18. The van der Waals surface area contributed by atoms with Gasteiger partial charge >= 0.3 is 0 Å². The monoisotopic (exact) mass is 256 g/mol. The molecule has 0 aliphatic rings. The third-order valence-electron chi connectivity index (χ3n) is 1.96. The van der Waals surface area contributed by atoms with E-state index in [0.29, 0.717) is 11.4 Å². The van der Waals surface area contributed by atoms with Gasteiger partial charge in [0.15, 0.2) is 0 Å². The minimum absolute atomic E-state index is 0.110. The van der Waals surface area contributed by atoms with E-state index in [-0.39, 0.29) is 11.8 Å². The molecule has 1 aromatic rings. The Morgan fingerprint density at radius 3 is 2.35 bits per heavy atom. The largest absolute Gasteiger partial charge is 0.326 e. The Labute approximate surface area is 101 Å². The van der Waals surface area contributed by atoms with Gasteiger partial charge in [0.05, 0.1) is 11.9 Å². The average molecular weight is 256 g/mol. The van der Waals surface area contributed by atoms with Crippen molar-refractivity contribution in [2.45, 2.75) is 13.8 Å². The lowest BCUT2D eigenvalue weighted by Gasteiger charge is -2.09. The maximum Gasteiger partial charge on any atom is 0.229 e. The Hall–Kier alpha value is -1.56. The molecule has 0 heterocycles. The van der Waals surface area contributed by atoms with Crippen molar-refractivity contribution in [3.63, 3.8) is 0 Å². The summed E-state index contributed by atoms with van der Waals surface area (Å²) in [6.07, 6.45) is 1.08. The van der Waals surface area contributed by atoms with Crippen LogP contribution in [0.2, 0.25) is 0 Å². The van der Waals surface area contributed by atoms with Gasteiger partial charge in [-0.3, -0.25) is 9.52 Å². The van der Waals surface area contributed by atoms with E-state index in [9.17, 15) is 13.2 Å². The Morgan fingerprint density at radius 2 is 1.82 bits per heavy atom. The van der Waals surface area contributed by atoms with Gasteiger partial charge in [0, 0.05) is 11.6 Å². The van der Waals surface area contributed by atoms with E-state index in [2.05, 4.69) is 10.0 Å². The van der Waals surface area contributed by atoms with Crippen molar-refractivity contribution in [2.24, 2.45) is 5.92 Å². The summed E-state index contributed by atoms with van der Waals surface area (Å²) in [6, 6.07) is 6.56. The summed E-state index contributed by atoms with van der Waals surface area (Å²) in [7, 11) is -3.30. The van der Waals surface area contributed by atoms with Crippen molar-refractivity contribution >= 4 is 27.3 Å². The first kappa shape index (κ1) is 13.5. The number of carbonyl (C=O) groups is 1. The third-order valence-corrected chi connectivity index (χ3v) is 2.56. The van der Waals surface area contributed by atoms with Crippen molar-refractivity contribution in [1.82, 2.24) is 0 Å². The van der Waals surface area contributed by atoms with E-state index in [0.717, 1.165) is 6.26 Å². The molecule has 2 N–H and O–H groups in total.